The molecule has 0 radical (unpaired) electrons. The van der Waals surface area contributed by atoms with E-state index in [2.05, 4.69) is 15.3 Å². The summed E-state index contributed by atoms with van der Waals surface area (Å²) in [6, 6.07) is 17.0. The Morgan fingerprint density at radius 1 is 0.826 bits per heavy atom. The summed E-state index contributed by atoms with van der Waals surface area (Å²) in [5.74, 6) is 0. The topological polar surface area (TPSA) is 54.9 Å². The third kappa shape index (κ3) is 2.51. The van der Waals surface area contributed by atoms with Crippen LogP contribution in [0.1, 0.15) is 0 Å². The van der Waals surface area contributed by atoms with Gasteiger partial charge < -0.3 is 5.32 Å². The van der Waals surface area contributed by atoms with Gasteiger partial charge in [-0.3, -0.25) is 14.8 Å². The minimum Gasteiger partial charge on any atom is -0.354 e. The van der Waals surface area contributed by atoms with Crippen LogP contribution in [0.3, 0.4) is 0 Å². The number of anilines is 2. The summed E-state index contributed by atoms with van der Waals surface area (Å²) in [5.41, 5.74) is 2.35. The Balaban J connectivity index is 1.93. The first-order chi connectivity index (χ1) is 11.3. The molecule has 4 aromatic rings. The lowest BCUT2D eigenvalue weighted by Gasteiger charge is -2.05. The predicted octanol–water partition coefficient (Wildman–Crippen LogP) is 3.89. The van der Waals surface area contributed by atoms with E-state index >= 15 is 0 Å². The van der Waals surface area contributed by atoms with E-state index in [1.807, 2.05) is 54.6 Å². The fourth-order valence-corrected chi connectivity index (χ4v) is 2.62. The van der Waals surface area contributed by atoms with E-state index in [0.717, 1.165) is 16.8 Å². The van der Waals surface area contributed by atoms with E-state index < -0.39 is 0 Å². The molecule has 0 saturated carbocycles. The Labute approximate surface area is 132 Å². The number of rotatable bonds is 2. The highest BCUT2D eigenvalue weighted by Crippen LogP contribution is 2.19. The van der Waals surface area contributed by atoms with Gasteiger partial charge in [0, 0.05) is 23.5 Å². The molecule has 0 aliphatic carbocycles. The maximum absolute atomic E-state index is 12.8. The Kier molecular flexibility index (Phi) is 3.20. The molecule has 0 amide bonds. The molecule has 0 spiro atoms. The number of hydrogen-bond donors (Lipinski definition) is 1. The van der Waals surface area contributed by atoms with E-state index in [4.69, 9.17) is 0 Å². The van der Waals surface area contributed by atoms with Crippen molar-refractivity contribution >= 4 is 33.1 Å². The zero-order chi connectivity index (χ0) is 15.6. The highest BCUT2D eigenvalue weighted by Gasteiger charge is 2.04. The van der Waals surface area contributed by atoms with Crippen molar-refractivity contribution in [2.24, 2.45) is 0 Å². The molecule has 2 heterocycles. The van der Waals surface area contributed by atoms with Gasteiger partial charge in [-0.15, -0.1) is 0 Å². The van der Waals surface area contributed by atoms with E-state index in [-0.39, 0.29) is 5.43 Å². The fourth-order valence-electron chi connectivity index (χ4n) is 2.62. The molecule has 2 aromatic carbocycles. The van der Waals surface area contributed by atoms with Gasteiger partial charge in [0.1, 0.15) is 0 Å². The molecule has 1 N–H and O–H groups in total. The summed E-state index contributed by atoms with van der Waals surface area (Å²) in [4.78, 5) is 21.2. The van der Waals surface area contributed by atoms with Crippen molar-refractivity contribution < 1.29 is 0 Å². The molecule has 23 heavy (non-hydrogen) atoms. The first-order valence-electron chi connectivity index (χ1n) is 7.30. The molecule has 0 aliphatic heterocycles. The molecule has 4 rings (SSSR count). The second kappa shape index (κ2) is 5.50. The summed E-state index contributed by atoms with van der Waals surface area (Å²) >= 11 is 0. The van der Waals surface area contributed by atoms with Crippen LogP contribution in [0, 0.1) is 0 Å². The monoisotopic (exact) mass is 299 g/mol. The van der Waals surface area contributed by atoms with Crippen molar-refractivity contribution in [1.29, 1.82) is 0 Å². The van der Waals surface area contributed by atoms with Crippen LogP contribution in [0.5, 0.6) is 0 Å². The normalized spacial score (nSPS) is 10.8. The van der Waals surface area contributed by atoms with Crippen molar-refractivity contribution in [3.8, 4) is 0 Å². The quantitative estimate of drug-likeness (QED) is 0.610. The smallest absolute Gasteiger partial charge is 0.195 e. The number of fused-ring (bicyclic) bond motifs is 2. The Morgan fingerprint density at radius 2 is 1.65 bits per heavy atom. The highest BCUT2D eigenvalue weighted by molar-refractivity contribution is 5.92. The second-order valence-electron chi connectivity index (χ2n) is 5.27. The van der Waals surface area contributed by atoms with Gasteiger partial charge >= 0.3 is 0 Å². The number of benzene rings is 1. The van der Waals surface area contributed by atoms with Crippen LogP contribution in [-0.2, 0) is 0 Å². The summed E-state index contributed by atoms with van der Waals surface area (Å²) in [6.45, 7) is 0. The van der Waals surface area contributed by atoms with Crippen LogP contribution < -0.4 is 10.7 Å². The van der Waals surface area contributed by atoms with Crippen LogP contribution >= 0.6 is 0 Å². The standard InChI is InChI=1S/C19H13N3O/c23-19-16-4-2-1-3-13(16)5-6-18-17(19)11-15(12-21-18)22-14-7-9-20-10-8-14/h1-12H,(H,20,22). The van der Waals surface area contributed by atoms with Crippen molar-refractivity contribution in [2.45, 2.75) is 0 Å². The average molecular weight is 299 g/mol. The van der Waals surface area contributed by atoms with Gasteiger partial charge in [-0.25, -0.2) is 0 Å². The van der Waals surface area contributed by atoms with Gasteiger partial charge in [0.25, 0.3) is 0 Å². The second-order valence-corrected chi connectivity index (χ2v) is 5.27. The van der Waals surface area contributed by atoms with Crippen molar-refractivity contribution in [2.75, 3.05) is 5.32 Å². The molecule has 0 saturated heterocycles. The Bertz CT molecular complexity index is 1060. The molecular weight excluding hydrogens is 286 g/mol. The number of hydrogen-bond acceptors (Lipinski definition) is 4. The summed E-state index contributed by atoms with van der Waals surface area (Å²) in [7, 11) is 0. The first-order valence-corrected chi connectivity index (χ1v) is 7.30. The van der Waals surface area contributed by atoms with Gasteiger partial charge in [0.15, 0.2) is 5.43 Å². The molecule has 4 heteroatoms. The van der Waals surface area contributed by atoms with E-state index in [1.54, 1.807) is 18.6 Å². The number of aromatic nitrogens is 2. The minimum atomic E-state index is -0.00789. The van der Waals surface area contributed by atoms with Gasteiger partial charge in [-0.1, -0.05) is 30.3 Å². The molecule has 0 bridgehead atoms. The number of pyridine rings is 2. The lowest BCUT2D eigenvalue weighted by molar-refractivity contribution is 1.32. The maximum atomic E-state index is 12.8. The fraction of sp³-hybridized carbons (Fsp3) is 0. The molecule has 110 valence electrons. The molecule has 2 aromatic heterocycles. The van der Waals surface area contributed by atoms with E-state index in [0.29, 0.717) is 16.3 Å². The predicted molar refractivity (Wildman–Crippen MR) is 93.0 cm³/mol. The third-order valence-electron chi connectivity index (χ3n) is 3.76. The first kappa shape index (κ1) is 13.4. The number of nitrogens with zero attached hydrogens (tertiary/aromatic N) is 2. The zero-order valence-corrected chi connectivity index (χ0v) is 12.2. The van der Waals surface area contributed by atoms with Gasteiger partial charge in [-0.2, -0.15) is 0 Å². The van der Waals surface area contributed by atoms with Crippen molar-refractivity contribution in [3.05, 3.63) is 83.4 Å². The van der Waals surface area contributed by atoms with Crippen LogP contribution in [0.4, 0.5) is 11.4 Å². The van der Waals surface area contributed by atoms with Crippen molar-refractivity contribution in [3.63, 3.8) is 0 Å². The van der Waals surface area contributed by atoms with Crippen LogP contribution in [0.2, 0.25) is 0 Å². The molecule has 0 atom stereocenters. The average Bonchev–Trinajstić information content (AvgIpc) is 2.74. The van der Waals surface area contributed by atoms with Gasteiger partial charge in [0.2, 0.25) is 0 Å². The maximum Gasteiger partial charge on any atom is 0.195 e. The number of nitrogens with one attached hydrogen (secondary N) is 1. The van der Waals surface area contributed by atoms with Crippen LogP contribution in [0.15, 0.2) is 78.0 Å². The molecule has 4 nitrogen and oxygen atoms in total. The SMILES string of the molecule is O=c1c2ccccc2ccc2ncc(Nc3ccncc3)cc12. The van der Waals surface area contributed by atoms with Crippen LogP contribution in [-0.4, -0.2) is 9.97 Å². The highest BCUT2D eigenvalue weighted by atomic mass is 16.1. The summed E-state index contributed by atoms with van der Waals surface area (Å²) in [6.07, 6.45) is 5.15. The van der Waals surface area contributed by atoms with Gasteiger partial charge in [-0.05, 0) is 29.7 Å². The lowest BCUT2D eigenvalue weighted by atomic mass is 10.1. The Morgan fingerprint density at radius 3 is 2.52 bits per heavy atom. The zero-order valence-electron chi connectivity index (χ0n) is 12.2. The van der Waals surface area contributed by atoms with E-state index in [1.165, 1.54) is 0 Å². The largest absolute Gasteiger partial charge is 0.354 e. The molecule has 0 aliphatic rings. The third-order valence-corrected chi connectivity index (χ3v) is 3.76. The molecular formula is C19H13N3O. The minimum absolute atomic E-state index is 0.00789. The van der Waals surface area contributed by atoms with Gasteiger partial charge in [0.05, 0.1) is 22.8 Å². The van der Waals surface area contributed by atoms with E-state index in [9.17, 15) is 4.79 Å². The van der Waals surface area contributed by atoms with Crippen LogP contribution in [0.25, 0.3) is 21.7 Å². The molecule has 0 fully saturated rings. The van der Waals surface area contributed by atoms with Crippen molar-refractivity contribution in [1.82, 2.24) is 9.97 Å². The summed E-state index contributed by atoms with van der Waals surface area (Å²) in [5, 5.41) is 5.46. The molecule has 0 unspecified atom stereocenters. The Hall–Kier alpha value is -3.27. The summed E-state index contributed by atoms with van der Waals surface area (Å²) < 4.78 is 0. The lowest BCUT2D eigenvalue weighted by Crippen LogP contribution is -2.00.